The fourth-order valence-electron chi connectivity index (χ4n) is 6.62. The summed E-state index contributed by atoms with van der Waals surface area (Å²) in [6, 6.07) is 0. The molecular formula is C41H74O19. The van der Waals surface area contributed by atoms with Crippen LogP contribution in [0.2, 0.25) is 0 Å². The van der Waals surface area contributed by atoms with Gasteiger partial charge in [0.2, 0.25) is 0 Å². The quantitative estimate of drug-likeness (QED) is 0.0342. The Morgan fingerprint density at radius 3 is 0.733 bits per heavy atom. The molecule has 0 saturated heterocycles. The molecule has 0 aromatic rings. The second kappa shape index (κ2) is 24.6. The molecule has 0 aliphatic heterocycles. The highest BCUT2D eigenvalue weighted by Crippen LogP contribution is 2.51. The van der Waals surface area contributed by atoms with Gasteiger partial charge in [0, 0.05) is 0 Å². The molecule has 0 aliphatic carbocycles. The first-order valence-corrected chi connectivity index (χ1v) is 20.4. The Bertz CT molecular complexity index is 1160. The van der Waals surface area contributed by atoms with Gasteiger partial charge in [0.05, 0.1) is 37.3 Å². The Labute approximate surface area is 355 Å². The Kier molecular flexibility index (Phi) is 23.0. The van der Waals surface area contributed by atoms with Gasteiger partial charge in [-0.15, -0.1) is 0 Å². The second-order valence-corrected chi connectivity index (χ2v) is 18.2. The van der Waals surface area contributed by atoms with Crippen LogP contribution >= 0.6 is 0 Å². The molecule has 0 aromatic heterocycles. The number of carbonyl (C=O) groups excluding carboxylic acids is 5. The largest absolute Gasteiger partial charge is 0.541 e. The molecule has 0 aromatic carbocycles. The zero-order valence-electron chi connectivity index (χ0n) is 39.2. The van der Waals surface area contributed by atoms with Gasteiger partial charge in [-0.3, -0.25) is 19.6 Å². The van der Waals surface area contributed by atoms with Crippen LogP contribution in [0.1, 0.15) is 137 Å². The number of rotatable bonds is 26. The van der Waals surface area contributed by atoms with Crippen molar-refractivity contribution in [3.8, 4) is 0 Å². The molecule has 0 saturated carbocycles. The summed E-state index contributed by atoms with van der Waals surface area (Å²) in [5.74, 6) is 0.137. The molecule has 352 valence electrons. The van der Waals surface area contributed by atoms with Gasteiger partial charge in [0.1, 0.15) is 35.6 Å². The van der Waals surface area contributed by atoms with Gasteiger partial charge < -0.3 is 28.4 Å². The van der Waals surface area contributed by atoms with E-state index in [1.807, 2.05) is 55.4 Å². The smallest absolute Gasteiger partial charge is 0.433 e. The van der Waals surface area contributed by atoms with Gasteiger partial charge in [-0.05, 0) is 91.9 Å². The maximum absolute atomic E-state index is 13.7. The minimum Gasteiger partial charge on any atom is -0.433 e. The lowest BCUT2D eigenvalue weighted by Gasteiger charge is -2.52. The molecular weight excluding hydrogens is 796 g/mol. The summed E-state index contributed by atoms with van der Waals surface area (Å²) >= 11 is 0. The summed E-state index contributed by atoms with van der Waals surface area (Å²) in [5.41, 5.74) is -9.62. The molecule has 0 heterocycles. The number of carbonyl (C=O) groups is 5. The maximum Gasteiger partial charge on any atom is 0.541 e. The highest BCUT2D eigenvalue weighted by Gasteiger charge is 2.62. The van der Waals surface area contributed by atoms with Crippen molar-refractivity contribution in [1.82, 2.24) is 0 Å². The molecule has 19 heteroatoms. The van der Waals surface area contributed by atoms with Crippen LogP contribution in [0.3, 0.4) is 0 Å². The summed E-state index contributed by atoms with van der Waals surface area (Å²) in [6.45, 7) is 29.5. The second-order valence-electron chi connectivity index (χ2n) is 18.2. The minimum absolute atomic E-state index is 0.0343. The third-order valence-corrected chi connectivity index (χ3v) is 10.2. The van der Waals surface area contributed by atoms with Crippen LogP contribution in [0, 0.1) is 34.5 Å². The van der Waals surface area contributed by atoms with Crippen LogP contribution in [-0.4, -0.2) is 92.8 Å². The zero-order valence-corrected chi connectivity index (χ0v) is 39.2. The van der Waals surface area contributed by atoms with Crippen molar-refractivity contribution in [2.24, 2.45) is 34.5 Å². The third-order valence-electron chi connectivity index (χ3n) is 10.2. The molecule has 0 N–H and O–H groups in total. The van der Waals surface area contributed by atoms with Crippen molar-refractivity contribution in [2.75, 3.05) is 39.6 Å². The van der Waals surface area contributed by atoms with Crippen molar-refractivity contribution in [3.05, 3.63) is 0 Å². The maximum atomic E-state index is 13.7. The first kappa shape index (κ1) is 56.2. The first-order valence-electron chi connectivity index (χ1n) is 20.4. The average Bonchev–Trinajstić information content (AvgIpc) is 3.06. The first-order chi connectivity index (χ1) is 27.5. The molecule has 60 heavy (non-hydrogen) atoms. The van der Waals surface area contributed by atoms with E-state index in [1.54, 1.807) is 13.8 Å². The van der Waals surface area contributed by atoms with Crippen LogP contribution in [-0.2, 0) is 67.5 Å². The normalized spacial score (nSPS) is 12.9. The van der Waals surface area contributed by atoms with E-state index in [4.69, 9.17) is 67.5 Å². The standard InChI is InChI=1S/C41H74O19/c1-19-40(36(11,12)53-32(43)57-49-21-27(3)4,37(13,14)54-33(44)58-50-22-28(5)6)25-47-31(42)48-26-41(20-2,38(15,16)55-34(45)59-51-23-29(7)8)39(17,18)56-35(46)60-52-24-30(9)10/h27-30H,19-26H2,1-18H3. The average molecular weight is 871 g/mol. The van der Waals surface area contributed by atoms with Gasteiger partial charge in [0.15, 0.2) is 0 Å². The van der Waals surface area contributed by atoms with Crippen LogP contribution in [0.5, 0.6) is 0 Å². The molecule has 0 fully saturated rings. The monoisotopic (exact) mass is 870 g/mol. The predicted octanol–water partition coefficient (Wildman–Crippen LogP) is 10.0. The van der Waals surface area contributed by atoms with Crippen molar-refractivity contribution in [3.63, 3.8) is 0 Å². The van der Waals surface area contributed by atoms with Crippen molar-refractivity contribution >= 4 is 30.8 Å². The molecule has 0 amide bonds. The lowest BCUT2D eigenvalue weighted by molar-refractivity contribution is -0.291. The van der Waals surface area contributed by atoms with Gasteiger partial charge in [-0.25, -0.2) is 24.0 Å². The SMILES string of the molecule is CCC(COC(=O)OCC(CC)(C(C)(C)OC(=O)OOCC(C)C)C(C)(C)OC(=O)OOCC(C)C)(C(C)(C)OC(=O)OOCC(C)C)C(C)(C)OC(=O)OOCC(C)C. The number of hydrogen-bond donors (Lipinski definition) is 0. The van der Waals surface area contributed by atoms with Crippen LogP contribution in [0.15, 0.2) is 0 Å². The molecule has 0 aliphatic rings. The molecule has 19 nitrogen and oxygen atoms in total. The van der Waals surface area contributed by atoms with E-state index < -0.39 is 77.2 Å². The predicted molar refractivity (Wildman–Crippen MR) is 212 cm³/mol. The third kappa shape index (κ3) is 17.3. The van der Waals surface area contributed by atoms with E-state index >= 15 is 0 Å². The summed E-state index contributed by atoms with van der Waals surface area (Å²) in [5, 5.41) is 0. The molecule has 0 rings (SSSR count). The highest BCUT2D eigenvalue weighted by atomic mass is 17.2. The van der Waals surface area contributed by atoms with E-state index in [2.05, 4.69) is 0 Å². The highest BCUT2D eigenvalue weighted by molar-refractivity contribution is 5.63. The molecule has 0 atom stereocenters. The van der Waals surface area contributed by atoms with Crippen LogP contribution in [0.25, 0.3) is 0 Å². The summed E-state index contributed by atoms with van der Waals surface area (Å²) < 4.78 is 34.5. The Morgan fingerprint density at radius 1 is 0.367 bits per heavy atom. The van der Waals surface area contributed by atoms with E-state index in [9.17, 15) is 24.0 Å². The topological polar surface area (TPSA) is 215 Å². The number of ether oxygens (including phenoxy) is 6. The van der Waals surface area contributed by atoms with Gasteiger partial charge >= 0.3 is 30.8 Å². The van der Waals surface area contributed by atoms with E-state index in [0.29, 0.717) is 0 Å². The number of hydrogen-bond acceptors (Lipinski definition) is 19. The minimum atomic E-state index is -1.63. The fraction of sp³-hybridized carbons (Fsp3) is 0.878. The summed E-state index contributed by atoms with van der Waals surface area (Å²) in [4.78, 5) is 105. The van der Waals surface area contributed by atoms with Crippen molar-refractivity contribution in [1.29, 1.82) is 0 Å². The van der Waals surface area contributed by atoms with Crippen LogP contribution in [0.4, 0.5) is 24.0 Å². The summed E-state index contributed by atoms with van der Waals surface area (Å²) in [7, 11) is 0. The lowest BCUT2D eigenvalue weighted by atomic mass is 9.62. The Balaban J connectivity index is 6.84. The van der Waals surface area contributed by atoms with E-state index in [1.165, 1.54) is 55.4 Å². The van der Waals surface area contributed by atoms with Gasteiger partial charge in [0.25, 0.3) is 0 Å². The van der Waals surface area contributed by atoms with Crippen LogP contribution < -0.4 is 0 Å². The summed E-state index contributed by atoms with van der Waals surface area (Å²) in [6.07, 6.45) is -5.97. The molecule has 0 unspecified atom stereocenters. The fourth-order valence-corrected chi connectivity index (χ4v) is 6.62. The van der Waals surface area contributed by atoms with E-state index in [0.717, 1.165) is 0 Å². The molecule has 0 bridgehead atoms. The zero-order chi connectivity index (χ0) is 46.8. The van der Waals surface area contributed by atoms with Crippen molar-refractivity contribution < 1.29 is 91.5 Å². The lowest BCUT2D eigenvalue weighted by Crippen LogP contribution is -2.63. The van der Waals surface area contributed by atoms with Crippen molar-refractivity contribution in [2.45, 2.75) is 160 Å². The van der Waals surface area contributed by atoms with Gasteiger partial charge in [-0.1, -0.05) is 69.2 Å². The molecule has 0 radical (unpaired) electrons. The molecule has 0 spiro atoms. The van der Waals surface area contributed by atoms with E-state index in [-0.39, 0.29) is 62.9 Å². The Hall–Kier alpha value is -3.81. The Morgan fingerprint density at radius 2 is 0.567 bits per heavy atom. The van der Waals surface area contributed by atoms with Gasteiger partial charge in [-0.2, -0.15) is 19.6 Å².